The Balaban J connectivity index is 1.56. The van der Waals surface area contributed by atoms with Crippen molar-refractivity contribution in [3.63, 3.8) is 0 Å². The fraction of sp³-hybridized carbons (Fsp3) is 0.333. The van der Waals surface area contributed by atoms with E-state index in [9.17, 15) is 14.7 Å². The molecule has 0 aliphatic carbocycles. The molecule has 5 atom stereocenters. The van der Waals surface area contributed by atoms with Gasteiger partial charge in [-0.1, -0.05) is 40.2 Å². The van der Waals surface area contributed by atoms with Crippen LogP contribution < -0.4 is 21.5 Å². The minimum absolute atomic E-state index is 0.0928. The van der Waals surface area contributed by atoms with Crippen LogP contribution in [0, 0.1) is 11.8 Å². The highest BCUT2D eigenvalue weighted by atomic mass is 79.9. The van der Waals surface area contributed by atoms with Crippen molar-refractivity contribution in [1.82, 2.24) is 16.2 Å². The number of nitrogens with one attached hydrogen (secondary N) is 4. The molecule has 7 nitrogen and oxygen atoms in total. The van der Waals surface area contributed by atoms with Crippen molar-refractivity contribution >= 4 is 33.5 Å². The van der Waals surface area contributed by atoms with Crippen LogP contribution in [-0.4, -0.2) is 23.1 Å². The van der Waals surface area contributed by atoms with Crippen LogP contribution >= 0.6 is 15.9 Å². The SMILES string of the molecule is CC(=O)Nc1ccc(C2CC(C(=O)O)C3C(NNC3c3ccc(Br)cc3)N2)cc1. The summed E-state index contributed by atoms with van der Waals surface area (Å²) < 4.78 is 0.989. The van der Waals surface area contributed by atoms with Gasteiger partial charge in [0.05, 0.1) is 18.1 Å². The third kappa shape index (κ3) is 4.20. The molecule has 2 aromatic rings. The number of carboxylic acids is 1. The van der Waals surface area contributed by atoms with Gasteiger partial charge in [0.25, 0.3) is 0 Å². The Labute approximate surface area is 177 Å². The molecule has 0 bridgehead atoms. The summed E-state index contributed by atoms with van der Waals surface area (Å²) in [4.78, 5) is 23.3. The van der Waals surface area contributed by atoms with Gasteiger partial charge in [0, 0.05) is 29.0 Å². The zero-order valence-corrected chi connectivity index (χ0v) is 17.4. The molecule has 5 N–H and O–H groups in total. The largest absolute Gasteiger partial charge is 0.481 e. The average molecular weight is 459 g/mol. The smallest absolute Gasteiger partial charge is 0.307 e. The Bertz CT molecular complexity index is 903. The van der Waals surface area contributed by atoms with Crippen molar-refractivity contribution in [3.05, 3.63) is 64.1 Å². The van der Waals surface area contributed by atoms with Crippen molar-refractivity contribution in [2.24, 2.45) is 11.8 Å². The van der Waals surface area contributed by atoms with E-state index < -0.39 is 11.9 Å². The number of carboxylic acid groups (broad SMARTS) is 1. The minimum atomic E-state index is -0.783. The lowest BCUT2D eigenvalue weighted by Crippen LogP contribution is -2.53. The standard InChI is InChI=1S/C21H23BrN4O3/c1-11(27)23-15-8-4-12(5-9-15)17-10-16(21(28)29)18-19(25-26-20(18)24-17)13-2-6-14(22)7-3-13/h2-9,16-20,24-26H,10H2,1H3,(H,23,27)(H,28,29). The molecule has 0 spiro atoms. The molecule has 29 heavy (non-hydrogen) atoms. The Hall–Kier alpha value is -2.26. The summed E-state index contributed by atoms with van der Waals surface area (Å²) in [6.45, 7) is 1.47. The lowest BCUT2D eigenvalue weighted by Gasteiger charge is -2.39. The van der Waals surface area contributed by atoms with Crippen LogP contribution in [0.3, 0.4) is 0 Å². The topological polar surface area (TPSA) is 102 Å². The number of hydrogen-bond donors (Lipinski definition) is 5. The van der Waals surface area contributed by atoms with E-state index >= 15 is 0 Å². The highest BCUT2D eigenvalue weighted by Crippen LogP contribution is 2.42. The highest BCUT2D eigenvalue weighted by molar-refractivity contribution is 9.10. The predicted octanol–water partition coefficient (Wildman–Crippen LogP) is 2.93. The number of rotatable bonds is 4. The van der Waals surface area contributed by atoms with Crippen LogP contribution in [0.2, 0.25) is 0 Å². The second kappa shape index (κ2) is 8.23. The number of carbonyl (C=O) groups excluding carboxylic acids is 1. The first kappa shape index (κ1) is 20.0. The summed E-state index contributed by atoms with van der Waals surface area (Å²) in [5.41, 5.74) is 9.31. The molecule has 2 saturated heterocycles. The number of piperidine rings is 1. The van der Waals surface area contributed by atoms with Gasteiger partial charge in [0.2, 0.25) is 5.91 Å². The lowest BCUT2D eigenvalue weighted by molar-refractivity contribution is -0.146. The molecule has 4 rings (SSSR count). The van der Waals surface area contributed by atoms with Gasteiger partial charge in [-0.15, -0.1) is 0 Å². The average Bonchev–Trinajstić information content (AvgIpc) is 3.12. The third-order valence-electron chi connectivity index (χ3n) is 5.68. The summed E-state index contributed by atoms with van der Waals surface area (Å²) in [6, 6.07) is 15.3. The van der Waals surface area contributed by atoms with Crippen molar-refractivity contribution < 1.29 is 14.7 Å². The number of aliphatic carboxylic acids is 1. The second-order valence-electron chi connectivity index (χ2n) is 7.58. The molecule has 2 aromatic carbocycles. The maximum absolute atomic E-state index is 12.1. The quantitative estimate of drug-likeness (QED) is 0.482. The molecule has 1 amide bonds. The normalized spacial score (nSPS) is 28.6. The number of carbonyl (C=O) groups is 2. The van der Waals surface area contributed by atoms with Crippen molar-refractivity contribution in [2.45, 2.75) is 31.6 Å². The number of hydrogen-bond acceptors (Lipinski definition) is 5. The van der Waals surface area contributed by atoms with Gasteiger partial charge in [-0.25, -0.2) is 10.9 Å². The van der Waals surface area contributed by atoms with E-state index in [1.165, 1.54) is 6.92 Å². The van der Waals surface area contributed by atoms with Crippen LogP contribution in [0.15, 0.2) is 53.0 Å². The summed E-state index contributed by atoms with van der Waals surface area (Å²) >= 11 is 3.44. The molecule has 8 heteroatoms. The maximum Gasteiger partial charge on any atom is 0.307 e. The van der Waals surface area contributed by atoms with Gasteiger partial charge in [-0.3, -0.25) is 14.9 Å². The summed E-state index contributed by atoms with van der Waals surface area (Å²) in [7, 11) is 0. The summed E-state index contributed by atoms with van der Waals surface area (Å²) in [6.07, 6.45) is 0.324. The Morgan fingerprint density at radius 3 is 2.31 bits per heavy atom. The van der Waals surface area contributed by atoms with Crippen LogP contribution in [0.25, 0.3) is 0 Å². The number of hydrazine groups is 1. The molecule has 2 aliphatic rings. The molecule has 2 fully saturated rings. The number of fused-ring (bicyclic) bond motifs is 1. The Kier molecular flexibility index (Phi) is 5.69. The fourth-order valence-electron chi connectivity index (χ4n) is 4.35. The van der Waals surface area contributed by atoms with Crippen molar-refractivity contribution in [1.29, 1.82) is 0 Å². The summed E-state index contributed by atoms with van der Waals surface area (Å²) in [5.74, 6) is -1.53. The summed E-state index contributed by atoms with van der Waals surface area (Å²) in [5, 5.41) is 16.3. The monoisotopic (exact) mass is 458 g/mol. The molecule has 0 saturated carbocycles. The van der Waals surface area contributed by atoms with Crippen molar-refractivity contribution in [3.8, 4) is 0 Å². The van der Waals surface area contributed by atoms with Crippen LogP contribution in [0.4, 0.5) is 5.69 Å². The van der Waals surface area contributed by atoms with E-state index in [0.29, 0.717) is 6.42 Å². The van der Waals surface area contributed by atoms with E-state index in [2.05, 4.69) is 37.4 Å². The molecule has 0 aromatic heterocycles. The maximum atomic E-state index is 12.1. The van der Waals surface area contributed by atoms with Crippen LogP contribution in [0.1, 0.15) is 36.6 Å². The third-order valence-corrected chi connectivity index (χ3v) is 6.21. The van der Waals surface area contributed by atoms with Gasteiger partial charge in [-0.2, -0.15) is 0 Å². The fourth-order valence-corrected chi connectivity index (χ4v) is 4.62. The lowest BCUT2D eigenvalue weighted by atomic mass is 9.75. The van der Waals surface area contributed by atoms with E-state index in [1.54, 1.807) is 0 Å². The number of anilines is 1. The first-order valence-corrected chi connectivity index (χ1v) is 10.3. The molecule has 0 radical (unpaired) electrons. The molecule has 152 valence electrons. The minimum Gasteiger partial charge on any atom is -0.481 e. The van der Waals surface area contributed by atoms with Crippen LogP contribution in [-0.2, 0) is 9.59 Å². The van der Waals surface area contributed by atoms with Gasteiger partial charge in [0.1, 0.15) is 0 Å². The molecular weight excluding hydrogens is 436 g/mol. The Morgan fingerprint density at radius 2 is 1.69 bits per heavy atom. The highest BCUT2D eigenvalue weighted by Gasteiger charge is 2.49. The number of benzene rings is 2. The zero-order valence-electron chi connectivity index (χ0n) is 15.9. The Morgan fingerprint density at radius 1 is 1.03 bits per heavy atom. The van der Waals surface area contributed by atoms with Gasteiger partial charge >= 0.3 is 5.97 Å². The second-order valence-corrected chi connectivity index (χ2v) is 8.49. The van der Waals surface area contributed by atoms with E-state index in [4.69, 9.17) is 0 Å². The predicted molar refractivity (Wildman–Crippen MR) is 113 cm³/mol. The van der Waals surface area contributed by atoms with E-state index in [1.807, 2.05) is 48.5 Å². The molecule has 5 unspecified atom stereocenters. The van der Waals surface area contributed by atoms with Gasteiger partial charge in [-0.05, 0) is 41.8 Å². The van der Waals surface area contributed by atoms with E-state index in [0.717, 1.165) is 21.3 Å². The molecular formula is C21H23BrN4O3. The van der Waals surface area contributed by atoms with E-state index in [-0.39, 0.29) is 30.1 Å². The van der Waals surface area contributed by atoms with Gasteiger partial charge < -0.3 is 10.4 Å². The molecule has 2 heterocycles. The van der Waals surface area contributed by atoms with Gasteiger partial charge in [0.15, 0.2) is 0 Å². The van der Waals surface area contributed by atoms with Crippen LogP contribution in [0.5, 0.6) is 0 Å². The zero-order chi connectivity index (χ0) is 20.5. The first-order chi connectivity index (χ1) is 13.9. The number of amides is 1. The van der Waals surface area contributed by atoms with Crippen molar-refractivity contribution in [2.75, 3.05) is 5.32 Å². The molecule has 2 aliphatic heterocycles. The first-order valence-electron chi connectivity index (χ1n) is 9.55. The number of halogens is 1.